The van der Waals surface area contributed by atoms with Gasteiger partial charge in [0, 0.05) is 16.9 Å². The fraction of sp³-hybridized carbons (Fsp3) is 0.118. The number of benzene rings is 2. The molecule has 0 atom stereocenters. The second-order valence-electron chi connectivity index (χ2n) is 5.05. The maximum atomic E-state index is 11.5. The van der Waals surface area contributed by atoms with Gasteiger partial charge in [0.1, 0.15) is 18.2 Å². The van der Waals surface area contributed by atoms with Crippen LogP contribution in [0.1, 0.15) is 17.5 Å². The molecule has 111 valence electrons. The molecule has 5 heteroatoms. The van der Waals surface area contributed by atoms with Crippen molar-refractivity contribution in [1.82, 2.24) is 0 Å². The van der Waals surface area contributed by atoms with E-state index in [9.17, 15) is 4.79 Å². The maximum absolute atomic E-state index is 11.5. The number of amidine groups is 1. The lowest BCUT2D eigenvalue weighted by Crippen LogP contribution is -2.16. The Bertz CT molecular complexity index is 710. The summed E-state index contributed by atoms with van der Waals surface area (Å²) in [6.07, 6.45) is 2.55. The summed E-state index contributed by atoms with van der Waals surface area (Å²) in [5, 5.41) is 7.40. The number of rotatable bonds is 4. The molecule has 1 radical (unpaired) electrons. The molecular formula is C17H16N3O2. The Kier molecular flexibility index (Phi) is 3.78. The summed E-state index contributed by atoms with van der Waals surface area (Å²) >= 11 is 0. The predicted molar refractivity (Wildman–Crippen MR) is 85.4 cm³/mol. The molecule has 0 saturated carbocycles. The van der Waals surface area contributed by atoms with Crippen LogP contribution in [0.5, 0.6) is 5.75 Å². The van der Waals surface area contributed by atoms with Crippen molar-refractivity contribution in [1.29, 1.82) is 5.41 Å². The molecule has 2 aromatic rings. The summed E-state index contributed by atoms with van der Waals surface area (Å²) in [4.78, 5) is 13.1. The number of hydrogen-bond acceptors (Lipinski definition) is 3. The summed E-state index contributed by atoms with van der Waals surface area (Å²) < 4.78 is 5.47. The molecule has 0 unspecified atom stereocenters. The number of nitrogens with zero attached hydrogens (tertiary/aromatic N) is 1. The van der Waals surface area contributed by atoms with Gasteiger partial charge in [-0.25, -0.2) is 0 Å². The Morgan fingerprint density at radius 2 is 1.91 bits per heavy atom. The minimum atomic E-state index is 0.00591. The highest BCUT2D eigenvalue weighted by atomic mass is 16.5. The Morgan fingerprint density at radius 1 is 1.18 bits per heavy atom. The van der Waals surface area contributed by atoms with Crippen LogP contribution in [-0.4, -0.2) is 12.2 Å². The van der Waals surface area contributed by atoms with Crippen molar-refractivity contribution in [2.45, 2.75) is 12.8 Å². The minimum absolute atomic E-state index is 0.00591. The SMILES string of the molecule is N=C(N)c1ccc(N(C=O)c2ccc3c(c2)CC[CH]O3)cc1. The second kappa shape index (κ2) is 5.89. The Morgan fingerprint density at radius 3 is 2.59 bits per heavy atom. The summed E-state index contributed by atoms with van der Waals surface area (Å²) in [7, 11) is 0. The van der Waals surface area contributed by atoms with Gasteiger partial charge in [0.15, 0.2) is 0 Å². The fourth-order valence-corrected chi connectivity index (χ4v) is 2.46. The molecule has 3 rings (SSSR count). The van der Waals surface area contributed by atoms with Crippen LogP contribution < -0.4 is 15.4 Å². The van der Waals surface area contributed by atoms with Crippen molar-refractivity contribution < 1.29 is 9.53 Å². The van der Waals surface area contributed by atoms with E-state index >= 15 is 0 Å². The maximum Gasteiger partial charge on any atom is 0.218 e. The lowest BCUT2D eigenvalue weighted by atomic mass is 10.1. The Labute approximate surface area is 128 Å². The van der Waals surface area contributed by atoms with Crippen LogP contribution in [0.25, 0.3) is 0 Å². The first-order valence-electron chi connectivity index (χ1n) is 6.99. The smallest absolute Gasteiger partial charge is 0.218 e. The molecule has 1 aliphatic rings. The molecule has 5 nitrogen and oxygen atoms in total. The van der Waals surface area contributed by atoms with Crippen LogP contribution in [0.3, 0.4) is 0 Å². The first kappa shape index (κ1) is 14.1. The van der Waals surface area contributed by atoms with E-state index < -0.39 is 0 Å². The van der Waals surface area contributed by atoms with E-state index in [0.29, 0.717) is 5.56 Å². The summed E-state index contributed by atoms with van der Waals surface area (Å²) in [6.45, 7) is 1.79. The number of aryl methyl sites for hydroxylation is 1. The monoisotopic (exact) mass is 294 g/mol. The van der Waals surface area contributed by atoms with Gasteiger partial charge >= 0.3 is 0 Å². The average Bonchev–Trinajstić information content (AvgIpc) is 2.56. The van der Waals surface area contributed by atoms with Crippen molar-refractivity contribution in [3.05, 3.63) is 60.2 Å². The topological polar surface area (TPSA) is 79.4 Å². The first-order chi connectivity index (χ1) is 10.7. The highest BCUT2D eigenvalue weighted by molar-refractivity contribution is 5.96. The van der Waals surface area contributed by atoms with Gasteiger partial charge < -0.3 is 10.5 Å². The first-order valence-corrected chi connectivity index (χ1v) is 6.99. The zero-order valence-electron chi connectivity index (χ0n) is 12.0. The van der Waals surface area contributed by atoms with Crippen molar-refractivity contribution in [3.63, 3.8) is 0 Å². The number of nitrogens with two attached hydrogens (primary N) is 1. The van der Waals surface area contributed by atoms with E-state index in [2.05, 4.69) is 0 Å². The quantitative estimate of drug-likeness (QED) is 0.517. The molecule has 0 bridgehead atoms. The highest BCUT2D eigenvalue weighted by Gasteiger charge is 2.15. The zero-order valence-corrected chi connectivity index (χ0v) is 12.0. The van der Waals surface area contributed by atoms with Crippen molar-refractivity contribution >= 4 is 23.6 Å². The second-order valence-corrected chi connectivity index (χ2v) is 5.05. The molecule has 22 heavy (non-hydrogen) atoms. The van der Waals surface area contributed by atoms with Crippen LogP contribution in [-0.2, 0) is 11.2 Å². The number of ether oxygens (including phenoxy) is 1. The summed E-state index contributed by atoms with van der Waals surface area (Å²) in [6, 6.07) is 12.7. The molecule has 0 aromatic heterocycles. The number of carbonyl (C=O) groups is 1. The molecule has 1 aliphatic heterocycles. The molecule has 1 amide bonds. The van der Waals surface area contributed by atoms with Gasteiger partial charge in [-0.15, -0.1) is 0 Å². The van der Waals surface area contributed by atoms with Gasteiger partial charge in [-0.05, 0) is 60.9 Å². The van der Waals surface area contributed by atoms with E-state index in [1.54, 1.807) is 35.8 Å². The Balaban J connectivity index is 1.93. The lowest BCUT2D eigenvalue weighted by Gasteiger charge is -2.22. The van der Waals surface area contributed by atoms with E-state index in [0.717, 1.165) is 41.9 Å². The standard InChI is InChI=1S/C17H16N3O2/c18-17(19)12-3-5-14(6-4-12)20(11-21)15-7-8-16-13(10-15)2-1-9-22-16/h3-11H,1-2H2,(H3,18,19). The van der Waals surface area contributed by atoms with Gasteiger partial charge in [0.25, 0.3) is 0 Å². The minimum Gasteiger partial charge on any atom is -0.486 e. The molecule has 3 N–H and O–H groups in total. The zero-order chi connectivity index (χ0) is 15.5. The largest absolute Gasteiger partial charge is 0.486 e. The number of nitrogen functional groups attached to an aromatic ring is 1. The number of carbonyl (C=O) groups excluding carboxylic acids is 1. The summed E-state index contributed by atoms with van der Waals surface area (Å²) in [5.74, 6) is 0.846. The van der Waals surface area contributed by atoms with Gasteiger partial charge in [0.2, 0.25) is 6.41 Å². The molecule has 2 aromatic carbocycles. The van der Waals surface area contributed by atoms with Crippen LogP contribution >= 0.6 is 0 Å². The average molecular weight is 294 g/mol. The van der Waals surface area contributed by atoms with Crippen molar-refractivity contribution in [2.24, 2.45) is 5.73 Å². The van der Waals surface area contributed by atoms with Crippen molar-refractivity contribution in [2.75, 3.05) is 4.90 Å². The molecule has 0 aliphatic carbocycles. The number of nitrogens with one attached hydrogen (secondary N) is 1. The lowest BCUT2D eigenvalue weighted by molar-refractivity contribution is -0.106. The predicted octanol–water partition coefficient (Wildman–Crippen LogP) is 2.75. The highest BCUT2D eigenvalue weighted by Crippen LogP contribution is 2.32. The number of amides is 1. The summed E-state index contributed by atoms with van der Waals surface area (Å²) in [5.41, 5.74) is 8.67. The third-order valence-corrected chi connectivity index (χ3v) is 3.63. The van der Waals surface area contributed by atoms with Gasteiger partial charge in [-0.1, -0.05) is 0 Å². The molecule has 1 heterocycles. The third kappa shape index (κ3) is 2.65. The van der Waals surface area contributed by atoms with E-state index in [4.69, 9.17) is 15.9 Å². The van der Waals surface area contributed by atoms with Crippen LogP contribution in [0.15, 0.2) is 42.5 Å². The molecule has 0 fully saturated rings. The van der Waals surface area contributed by atoms with Gasteiger partial charge in [0.05, 0.1) is 0 Å². The van der Waals surface area contributed by atoms with Crippen LogP contribution in [0, 0.1) is 12.0 Å². The fourth-order valence-electron chi connectivity index (χ4n) is 2.46. The molecule has 0 saturated heterocycles. The molecular weight excluding hydrogens is 278 g/mol. The van der Waals surface area contributed by atoms with E-state index in [1.807, 2.05) is 18.2 Å². The van der Waals surface area contributed by atoms with Gasteiger partial charge in [-0.2, -0.15) is 0 Å². The van der Waals surface area contributed by atoms with E-state index in [-0.39, 0.29) is 5.84 Å². The molecule has 0 spiro atoms. The Hall–Kier alpha value is -2.82. The van der Waals surface area contributed by atoms with Crippen LogP contribution in [0.4, 0.5) is 11.4 Å². The van der Waals surface area contributed by atoms with Gasteiger partial charge in [-0.3, -0.25) is 15.1 Å². The number of fused-ring (bicyclic) bond motifs is 1. The van der Waals surface area contributed by atoms with Crippen molar-refractivity contribution in [3.8, 4) is 5.75 Å². The van der Waals surface area contributed by atoms with E-state index in [1.165, 1.54) is 0 Å². The number of anilines is 2. The van der Waals surface area contributed by atoms with Crippen LogP contribution in [0.2, 0.25) is 0 Å². The third-order valence-electron chi connectivity index (χ3n) is 3.63. The number of hydrogen-bond donors (Lipinski definition) is 2. The normalized spacial score (nSPS) is 12.9.